The van der Waals surface area contributed by atoms with Crippen LogP contribution in [0.25, 0.3) is 0 Å². The van der Waals surface area contributed by atoms with Crippen LogP contribution in [-0.2, 0) is 21.4 Å². The van der Waals surface area contributed by atoms with Gasteiger partial charge in [0.25, 0.3) is 0 Å². The molecule has 9 heteroatoms. The fourth-order valence-electron chi connectivity index (χ4n) is 2.27. The van der Waals surface area contributed by atoms with Crippen LogP contribution < -0.4 is 4.90 Å². The van der Waals surface area contributed by atoms with E-state index in [0.717, 1.165) is 18.0 Å². The van der Waals surface area contributed by atoms with Crippen molar-refractivity contribution in [1.82, 2.24) is 13.7 Å². The van der Waals surface area contributed by atoms with E-state index in [9.17, 15) is 8.42 Å². The van der Waals surface area contributed by atoms with Crippen LogP contribution in [0, 0.1) is 0 Å². The average molecular weight is 318 g/mol. The molecule has 0 amide bonds. The standard InChI is InChI=1S/C11H18N4O3S2/c1-18-8-10-12-11(19-13-10)14-4-6-15(7-5-14)20(16,17)9-2-3-9/h9H,2-8H2,1H3. The van der Waals surface area contributed by atoms with E-state index in [1.54, 1.807) is 11.4 Å². The van der Waals surface area contributed by atoms with Gasteiger partial charge < -0.3 is 9.64 Å². The van der Waals surface area contributed by atoms with Gasteiger partial charge in [0.05, 0.1) is 5.25 Å². The summed E-state index contributed by atoms with van der Waals surface area (Å²) >= 11 is 1.34. The van der Waals surface area contributed by atoms with Gasteiger partial charge in [0.2, 0.25) is 15.2 Å². The van der Waals surface area contributed by atoms with Gasteiger partial charge in [-0.3, -0.25) is 0 Å². The van der Waals surface area contributed by atoms with Crippen LogP contribution in [0.15, 0.2) is 0 Å². The predicted octanol–water partition coefficient (Wildman–Crippen LogP) is 0.299. The van der Waals surface area contributed by atoms with Gasteiger partial charge in [0.15, 0.2) is 5.82 Å². The molecule has 2 heterocycles. The lowest BCUT2D eigenvalue weighted by molar-refractivity contribution is 0.179. The van der Waals surface area contributed by atoms with Crippen LogP contribution in [0.3, 0.4) is 0 Å². The Hall–Kier alpha value is -0.770. The minimum absolute atomic E-state index is 0.121. The quantitative estimate of drug-likeness (QED) is 0.777. The molecule has 1 aliphatic carbocycles. The minimum atomic E-state index is -3.04. The molecule has 1 saturated carbocycles. The zero-order chi connectivity index (χ0) is 14.2. The van der Waals surface area contributed by atoms with Crippen molar-refractivity contribution in [1.29, 1.82) is 0 Å². The summed E-state index contributed by atoms with van der Waals surface area (Å²) in [5, 5.41) is 0.726. The number of anilines is 1. The number of hydrogen-bond acceptors (Lipinski definition) is 7. The van der Waals surface area contributed by atoms with Crippen molar-refractivity contribution in [2.75, 3.05) is 38.2 Å². The fraction of sp³-hybridized carbons (Fsp3) is 0.818. The molecule has 20 heavy (non-hydrogen) atoms. The summed E-state index contributed by atoms with van der Waals surface area (Å²) in [6.45, 7) is 2.84. The lowest BCUT2D eigenvalue weighted by Crippen LogP contribution is -2.49. The lowest BCUT2D eigenvalue weighted by atomic mass is 10.4. The second kappa shape index (κ2) is 5.55. The number of hydrogen-bond donors (Lipinski definition) is 0. The second-order valence-corrected chi connectivity index (χ2v) is 8.00. The number of rotatable bonds is 5. The maximum absolute atomic E-state index is 12.1. The van der Waals surface area contributed by atoms with Gasteiger partial charge in [0.1, 0.15) is 6.61 Å². The molecule has 0 aromatic carbocycles. The van der Waals surface area contributed by atoms with E-state index in [0.29, 0.717) is 38.6 Å². The van der Waals surface area contributed by atoms with E-state index in [1.807, 2.05) is 0 Å². The molecule has 0 N–H and O–H groups in total. The van der Waals surface area contributed by atoms with Crippen LogP contribution >= 0.6 is 11.5 Å². The summed E-state index contributed by atoms with van der Waals surface area (Å²) < 4.78 is 35.1. The highest BCUT2D eigenvalue weighted by atomic mass is 32.2. The number of piperazine rings is 1. The van der Waals surface area contributed by atoms with E-state index in [4.69, 9.17) is 4.74 Å². The Labute approximate surface area is 122 Å². The zero-order valence-corrected chi connectivity index (χ0v) is 13.0. The largest absolute Gasteiger partial charge is 0.377 e. The first-order valence-electron chi connectivity index (χ1n) is 6.66. The van der Waals surface area contributed by atoms with Crippen molar-refractivity contribution in [2.45, 2.75) is 24.7 Å². The van der Waals surface area contributed by atoms with Crippen LogP contribution in [-0.4, -0.2) is 60.6 Å². The molecule has 0 unspecified atom stereocenters. The third kappa shape index (κ3) is 2.80. The Bertz CT molecular complexity index is 562. The Morgan fingerprint density at radius 2 is 2.00 bits per heavy atom. The van der Waals surface area contributed by atoms with Crippen molar-refractivity contribution >= 4 is 26.7 Å². The van der Waals surface area contributed by atoms with Crippen molar-refractivity contribution in [3.05, 3.63) is 5.82 Å². The Balaban J connectivity index is 1.60. The molecule has 0 spiro atoms. The summed E-state index contributed by atoms with van der Waals surface area (Å²) in [5.74, 6) is 0.681. The summed E-state index contributed by atoms with van der Waals surface area (Å²) in [4.78, 5) is 6.49. The highest BCUT2D eigenvalue weighted by molar-refractivity contribution is 7.90. The maximum atomic E-state index is 12.1. The summed E-state index contributed by atoms with van der Waals surface area (Å²) in [6.07, 6.45) is 1.64. The first kappa shape index (κ1) is 14.2. The third-order valence-corrected chi connectivity index (χ3v) is 6.76. The third-order valence-electron chi connectivity index (χ3n) is 3.55. The topological polar surface area (TPSA) is 75.6 Å². The predicted molar refractivity (Wildman–Crippen MR) is 76.3 cm³/mol. The molecule has 0 atom stereocenters. The molecular weight excluding hydrogens is 300 g/mol. The number of aromatic nitrogens is 2. The molecule has 0 radical (unpaired) electrons. The van der Waals surface area contributed by atoms with Gasteiger partial charge in [-0.25, -0.2) is 13.4 Å². The van der Waals surface area contributed by atoms with Crippen molar-refractivity contribution in [3.8, 4) is 0 Å². The van der Waals surface area contributed by atoms with Crippen LogP contribution in [0.2, 0.25) is 0 Å². The second-order valence-electron chi connectivity index (χ2n) is 5.06. The molecule has 7 nitrogen and oxygen atoms in total. The Morgan fingerprint density at radius 3 is 2.60 bits per heavy atom. The Kier molecular flexibility index (Phi) is 3.93. The molecular formula is C11H18N4O3S2. The number of ether oxygens (including phenoxy) is 1. The van der Waals surface area contributed by atoms with Crippen molar-refractivity contribution in [2.24, 2.45) is 0 Å². The maximum Gasteiger partial charge on any atom is 0.217 e. The number of nitrogens with zero attached hydrogens (tertiary/aromatic N) is 4. The van der Waals surface area contributed by atoms with Crippen LogP contribution in [0.4, 0.5) is 5.13 Å². The van der Waals surface area contributed by atoms with Crippen molar-refractivity contribution in [3.63, 3.8) is 0 Å². The average Bonchev–Trinajstić information content (AvgIpc) is 3.21. The lowest BCUT2D eigenvalue weighted by Gasteiger charge is -2.33. The van der Waals surface area contributed by atoms with E-state index < -0.39 is 10.0 Å². The SMILES string of the molecule is COCc1nsc(N2CCN(S(=O)(=O)C3CC3)CC2)n1. The molecule has 1 aromatic rings. The van der Waals surface area contributed by atoms with Gasteiger partial charge in [0, 0.05) is 44.8 Å². The molecule has 1 aromatic heterocycles. The molecule has 0 bridgehead atoms. The summed E-state index contributed by atoms with van der Waals surface area (Å²) in [5.41, 5.74) is 0. The van der Waals surface area contributed by atoms with E-state index in [1.165, 1.54) is 11.5 Å². The molecule has 1 aliphatic heterocycles. The monoisotopic (exact) mass is 318 g/mol. The van der Waals surface area contributed by atoms with Crippen LogP contribution in [0.1, 0.15) is 18.7 Å². The fourth-order valence-corrected chi connectivity index (χ4v) is 4.82. The number of methoxy groups -OCH3 is 1. The van der Waals surface area contributed by atoms with Gasteiger partial charge in [-0.2, -0.15) is 8.68 Å². The normalized spacial score (nSPS) is 21.4. The minimum Gasteiger partial charge on any atom is -0.377 e. The van der Waals surface area contributed by atoms with Gasteiger partial charge in [-0.05, 0) is 12.8 Å². The smallest absolute Gasteiger partial charge is 0.217 e. The van der Waals surface area contributed by atoms with E-state index in [2.05, 4.69) is 14.3 Å². The molecule has 112 valence electrons. The van der Waals surface area contributed by atoms with Gasteiger partial charge in [-0.15, -0.1) is 0 Å². The van der Waals surface area contributed by atoms with Crippen LogP contribution in [0.5, 0.6) is 0 Å². The first-order valence-corrected chi connectivity index (χ1v) is 8.94. The number of sulfonamides is 1. The molecule has 2 fully saturated rings. The molecule has 2 aliphatic rings. The highest BCUT2D eigenvalue weighted by Crippen LogP contribution is 2.31. The van der Waals surface area contributed by atoms with Gasteiger partial charge in [-0.1, -0.05) is 0 Å². The zero-order valence-electron chi connectivity index (χ0n) is 11.4. The molecule has 1 saturated heterocycles. The summed E-state index contributed by atoms with van der Waals surface area (Å²) in [6, 6.07) is 0. The first-order chi connectivity index (χ1) is 9.61. The van der Waals surface area contributed by atoms with E-state index in [-0.39, 0.29) is 5.25 Å². The summed E-state index contributed by atoms with van der Waals surface area (Å²) in [7, 11) is -1.43. The van der Waals surface area contributed by atoms with Crippen molar-refractivity contribution < 1.29 is 13.2 Å². The van der Waals surface area contributed by atoms with Gasteiger partial charge >= 0.3 is 0 Å². The van der Waals surface area contributed by atoms with E-state index >= 15 is 0 Å². The highest BCUT2D eigenvalue weighted by Gasteiger charge is 2.41. The Morgan fingerprint density at radius 1 is 1.30 bits per heavy atom. The molecule has 3 rings (SSSR count).